The molecule has 0 bridgehead atoms. The fourth-order valence-electron chi connectivity index (χ4n) is 2.87. The third-order valence-electron chi connectivity index (χ3n) is 4.17. The molecule has 22 heavy (non-hydrogen) atoms. The number of benzene rings is 1. The molecule has 6 heteroatoms. The first-order chi connectivity index (χ1) is 10.7. The third-order valence-corrected chi connectivity index (χ3v) is 4.17. The predicted octanol–water partition coefficient (Wildman–Crippen LogP) is 1.15. The Morgan fingerprint density at radius 3 is 2.32 bits per heavy atom. The molecule has 1 aromatic rings. The van der Waals surface area contributed by atoms with Gasteiger partial charge in [0.05, 0.1) is 0 Å². The lowest BCUT2D eigenvalue weighted by molar-refractivity contribution is -0.140. The highest BCUT2D eigenvalue weighted by molar-refractivity contribution is 5.90. The number of hydrogen-bond donors (Lipinski definition) is 3. The van der Waals surface area contributed by atoms with E-state index in [-0.39, 0.29) is 12.4 Å². The molecular formula is C16H23N3O3. The van der Waals surface area contributed by atoms with Crippen LogP contribution in [0.15, 0.2) is 30.3 Å². The Morgan fingerprint density at radius 1 is 1.23 bits per heavy atom. The average Bonchev–Trinajstić information content (AvgIpc) is 2.48. The van der Waals surface area contributed by atoms with E-state index in [4.69, 9.17) is 9.90 Å². The Morgan fingerprint density at radius 2 is 1.82 bits per heavy atom. The molecule has 0 unspecified atom stereocenters. The summed E-state index contributed by atoms with van der Waals surface area (Å²) >= 11 is 0. The largest absolute Gasteiger partial charge is 0.483 e. The van der Waals surface area contributed by atoms with Crippen LogP contribution in [0, 0.1) is 0 Å². The van der Waals surface area contributed by atoms with Crippen LogP contribution in [-0.2, 0) is 9.59 Å². The average molecular weight is 305 g/mol. The number of para-hydroxylation sites is 1. The number of nitrogens with one attached hydrogen (secondary N) is 2. The van der Waals surface area contributed by atoms with Crippen molar-refractivity contribution in [1.29, 1.82) is 0 Å². The van der Waals surface area contributed by atoms with Crippen molar-refractivity contribution >= 4 is 18.1 Å². The van der Waals surface area contributed by atoms with Crippen molar-refractivity contribution < 1.29 is 14.7 Å². The van der Waals surface area contributed by atoms with Crippen molar-refractivity contribution in [2.45, 2.75) is 24.8 Å². The van der Waals surface area contributed by atoms with Gasteiger partial charge in [0.1, 0.15) is 5.54 Å². The molecule has 6 nitrogen and oxygen atoms in total. The van der Waals surface area contributed by atoms with Crippen molar-refractivity contribution in [3.05, 3.63) is 30.3 Å². The summed E-state index contributed by atoms with van der Waals surface area (Å²) in [4.78, 5) is 23.1. The summed E-state index contributed by atoms with van der Waals surface area (Å²) in [6.45, 7) is 3.40. The lowest BCUT2D eigenvalue weighted by Gasteiger charge is -2.44. The van der Waals surface area contributed by atoms with E-state index < -0.39 is 5.54 Å². The van der Waals surface area contributed by atoms with Crippen LogP contribution in [0.2, 0.25) is 0 Å². The van der Waals surface area contributed by atoms with Gasteiger partial charge < -0.3 is 20.6 Å². The highest BCUT2D eigenvalue weighted by Gasteiger charge is 2.43. The molecule has 2 saturated heterocycles. The van der Waals surface area contributed by atoms with E-state index in [0.29, 0.717) is 0 Å². The number of carbonyl (C=O) groups is 2. The van der Waals surface area contributed by atoms with E-state index in [9.17, 15) is 4.79 Å². The zero-order valence-electron chi connectivity index (χ0n) is 12.6. The van der Waals surface area contributed by atoms with Gasteiger partial charge in [0, 0.05) is 18.8 Å². The first-order valence-electron chi connectivity index (χ1n) is 7.63. The first kappa shape index (κ1) is 16.3. The number of likely N-dealkylation sites (tertiary alicyclic amines) is 1. The number of nitrogens with zero attached hydrogens (tertiary/aromatic N) is 1. The number of carboxylic acid groups (broad SMARTS) is 1. The Kier molecular flexibility index (Phi) is 5.77. The van der Waals surface area contributed by atoms with E-state index in [2.05, 4.69) is 10.6 Å². The third kappa shape index (κ3) is 3.76. The smallest absolute Gasteiger partial charge is 0.290 e. The van der Waals surface area contributed by atoms with Crippen LogP contribution in [-0.4, -0.2) is 54.1 Å². The molecule has 120 valence electrons. The van der Waals surface area contributed by atoms with Crippen molar-refractivity contribution in [3.8, 4) is 0 Å². The molecule has 2 fully saturated rings. The van der Waals surface area contributed by atoms with E-state index in [1.165, 1.54) is 0 Å². The van der Waals surface area contributed by atoms with Crippen LogP contribution < -0.4 is 10.6 Å². The molecule has 0 radical (unpaired) electrons. The number of amides is 1. The van der Waals surface area contributed by atoms with Crippen molar-refractivity contribution in [3.63, 3.8) is 0 Å². The molecule has 0 aliphatic carbocycles. The molecule has 0 aromatic heterocycles. The van der Waals surface area contributed by atoms with Gasteiger partial charge in [0.25, 0.3) is 6.47 Å². The molecule has 0 atom stereocenters. The van der Waals surface area contributed by atoms with Gasteiger partial charge in [-0.3, -0.25) is 9.59 Å². The Bertz CT molecular complexity index is 483. The maximum atomic E-state index is 12.7. The summed E-state index contributed by atoms with van der Waals surface area (Å²) in [6.07, 6.45) is 2.86. The lowest BCUT2D eigenvalue weighted by atomic mass is 9.85. The van der Waals surface area contributed by atoms with Gasteiger partial charge in [-0.1, -0.05) is 18.2 Å². The Labute approximate surface area is 130 Å². The van der Waals surface area contributed by atoms with E-state index in [0.717, 1.165) is 51.1 Å². The van der Waals surface area contributed by atoms with E-state index in [1.807, 2.05) is 35.2 Å². The number of anilines is 1. The second-order valence-electron chi connectivity index (χ2n) is 5.57. The minimum Gasteiger partial charge on any atom is -0.483 e. The monoisotopic (exact) mass is 305 g/mol. The van der Waals surface area contributed by atoms with Gasteiger partial charge in [-0.05, 0) is 44.5 Å². The Balaban J connectivity index is 0.000000545. The minimum atomic E-state index is -0.410. The van der Waals surface area contributed by atoms with Crippen LogP contribution in [0.1, 0.15) is 19.3 Å². The number of piperidine rings is 1. The summed E-state index contributed by atoms with van der Waals surface area (Å²) < 4.78 is 0. The zero-order valence-corrected chi connectivity index (χ0v) is 12.6. The molecule has 2 aliphatic rings. The second-order valence-corrected chi connectivity index (χ2v) is 5.57. The van der Waals surface area contributed by atoms with Gasteiger partial charge in [0.2, 0.25) is 5.91 Å². The molecule has 0 saturated carbocycles. The summed E-state index contributed by atoms with van der Waals surface area (Å²) in [6, 6.07) is 10.1. The minimum absolute atomic E-state index is 0.250. The number of carbonyl (C=O) groups excluding carboxylic acids is 1. The van der Waals surface area contributed by atoms with Crippen LogP contribution in [0.25, 0.3) is 0 Å². The Hall–Kier alpha value is -2.08. The lowest BCUT2D eigenvalue weighted by Crippen LogP contribution is -2.61. The molecule has 2 heterocycles. The normalized spacial score (nSPS) is 19.2. The summed E-state index contributed by atoms with van der Waals surface area (Å²) in [7, 11) is 0. The highest BCUT2D eigenvalue weighted by atomic mass is 16.3. The zero-order chi connectivity index (χ0) is 15.8. The number of rotatable bonds is 3. The number of hydrogen-bond acceptors (Lipinski definition) is 4. The van der Waals surface area contributed by atoms with Gasteiger partial charge in [-0.2, -0.15) is 0 Å². The molecule has 3 N–H and O–H groups in total. The molecule has 1 aromatic carbocycles. The van der Waals surface area contributed by atoms with Crippen LogP contribution in [0.4, 0.5) is 5.69 Å². The fraction of sp³-hybridized carbons (Fsp3) is 0.500. The summed E-state index contributed by atoms with van der Waals surface area (Å²) in [5, 5.41) is 13.7. The molecular weight excluding hydrogens is 282 g/mol. The molecule has 0 spiro atoms. The maximum absolute atomic E-state index is 12.7. The van der Waals surface area contributed by atoms with Crippen molar-refractivity contribution in [2.75, 3.05) is 31.5 Å². The van der Waals surface area contributed by atoms with E-state index >= 15 is 0 Å². The van der Waals surface area contributed by atoms with E-state index in [1.54, 1.807) is 0 Å². The molecule has 3 rings (SSSR count). The molecule has 1 amide bonds. The standard InChI is InChI=1S/C15H21N3O.CH2O2/c19-14(18-11-4-12-18)15(7-9-16-10-8-15)17-13-5-2-1-3-6-13;2-1-3/h1-3,5-6,16-17H,4,7-12H2;1H,(H,2,3). The second kappa shape index (κ2) is 7.79. The van der Waals surface area contributed by atoms with Crippen LogP contribution in [0.5, 0.6) is 0 Å². The van der Waals surface area contributed by atoms with Gasteiger partial charge in [-0.15, -0.1) is 0 Å². The fourth-order valence-corrected chi connectivity index (χ4v) is 2.87. The summed E-state index contributed by atoms with van der Waals surface area (Å²) in [5.41, 5.74) is 0.630. The van der Waals surface area contributed by atoms with Gasteiger partial charge in [-0.25, -0.2) is 0 Å². The maximum Gasteiger partial charge on any atom is 0.290 e. The quantitative estimate of drug-likeness (QED) is 0.730. The molecule has 2 aliphatic heterocycles. The van der Waals surface area contributed by atoms with Crippen LogP contribution >= 0.6 is 0 Å². The SMILES string of the molecule is O=C(N1CCC1)C1(Nc2ccccc2)CCNCC1.O=CO. The topological polar surface area (TPSA) is 81.7 Å². The van der Waals surface area contributed by atoms with Gasteiger partial charge in [0.15, 0.2) is 0 Å². The highest BCUT2D eigenvalue weighted by Crippen LogP contribution is 2.28. The van der Waals surface area contributed by atoms with Crippen molar-refractivity contribution in [1.82, 2.24) is 10.2 Å². The van der Waals surface area contributed by atoms with Crippen LogP contribution in [0.3, 0.4) is 0 Å². The first-order valence-corrected chi connectivity index (χ1v) is 7.63. The summed E-state index contributed by atoms with van der Waals surface area (Å²) in [5.74, 6) is 0.282. The van der Waals surface area contributed by atoms with Gasteiger partial charge >= 0.3 is 0 Å². The predicted molar refractivity (Wildman–Crippen MR) is 84.8 cm³/mol. The van der Waals surface area contributed by atoms with Crippen molar-refractivity contribution in [2.24, 2.45) is 0 Å².